The third-order valence-electron chi connectivity index (χ3n) is 5.09. The largest absolute Gasteiger partial charge is 0.364 e. The number of hydrogen-bond donors (Lipinski definition) is 1. The number of nitrogens with zero attached hydrogens (tertiary/aromatic N) is 2. The fourth-order valence-electron chi connectivity index (χ4n) is 3.38. The van der Waals surface area contributed by atoms with Crippen LogP contribution < -0.4 is 11.0 Å². The van der Waals surface area contributed by atoms with E-state index in [1.807, 2.05) is 24.3 Å². The zero-order chi connectivity index (χ0) is 17.8. The van der Waals surface area contributed by atoms with Crippen molar-refractivity contribution < 1.29 is 4.39 Å². The minimum atomic E-state index is -0.872. The third-order valence-corrected chi connectivity index (χ3v) is 5.41. The van der Waals surface area contributed by atoms with E-state index in [9.17, 15) is 9.18 Å². The first kappa shape index (κ1) is 15.8. The van der Waals surface area contributed by atoms with Crippen LogP contribution in [-0.4, -0.2) is 21.8 Å². The number of aromatic nitrogens is 2. The SMILES string of the molecule is O=c1nc(NC2C[C@@H]2F)c2ccc(C3CC3)cc2n1-c1ccccc1Cl. The molecule has 4 nitrogen and oxygen atoms in total. The summed E-state index contributed by atoms with van der Waals surface area (Å²) < 4.78 is 14.9. The molecule has 0 spiro atoms. The smallest absolute Gasteiger partial charge is 0.354 e. The molecule has 3 aromatic rings. The molecule has 2 aliphatic carbocycles. The molecule has 1 heterocycles. The molecule has 2 saturated carbocycles. The van der Waals surface area contributed by atoms with Gasteiger partial charge in [0.15, 0.2) is 0 Å². The van der Waals surface area contributed by atoms with Crippen molar-refractivity contribution in [3.63, 3.8) is 0 Å². The molecule has 6 heteroatoms. The van der Waals surface area contributed by atoms with E-state index in [0.29, 0.717) is 28.9 Å². The molecule has 2 atom stereocenters. The van der Waals surface area contributed by atoms with Gasteiger partial charge in [-0.15, -0.1) is 0 Å². The first-order valence-corrected chi connectivity index (χ1v) is 9.22. The Bertz CT molecular complexity index is 1080. The molecule has 1 N–H and O–H groups in total. The van der Waals surface area contributed by atoms with Crippen LogP contribution in [0.25, 0.3) is 16.6 Å². The van der Waals surface area contributed by atoms with Gasteiger partial charge in [-0.25, -0.2) is 9.18 Å². The highest BCUT2D eigenvalue weighted by atomic mass is 35.5. The van der Waals surface area contributed by atoms with Gasteiger partial charge in [0.05, 0.1) is 22.3 Å². The molecule has 0 radical (unpaired) electrons. The van der Waals surface area contributed by atoms with Gasteiger partial charge in [0, 0.05) is 11.8 Å². The Kier molecular flexibility index (Phi) is 3.54. The highest BCUT2D eigenvalue weighted by Crippen LogP contribution is 2.41. The molecule has 5 rings (SSSR count). The van der Waals surface area contributed by atoms with Crippen LogP contribution in [0.2, 0.25) is 5.02 Å². The van der Waals surface area contributed by atoms with Crippen LogP contribution in [-0.2, 0) is 0 Å². The maximum atomic E-state index is 13.3. The Morgan fingerprint density at radius 3 is 2.65 bits per heavy atom. The molecule has 0 bridgehead atoms. The molecule has 1 unspecified atom stereocenters. The van der Waals surface area contributed by atoms with Gasteiger partial charge in [0.25, 0.3) is 0 Å². The van der Waals surface area contributed by atoms with E-state index in [0.717, 1.165) is 10.9 Å². The molecular weight excluding hydrogens is 353 g/mol. The zero-order valence-corrected chi connectivity index (χ0v) is 14.7. The van der Waals surface area contributed by atoms with Crippen LogP contribution in [0.1, 0.15) is 30.7 Å². The second kappa shape index (κ2) is 5.81. The number of alkyl halides is 1. The lowest BCUT2D eigenvalue weighted by Crippen LogP contribution is -2.24. The lowest BCUT2D eigenvalue weighted by Gasteiger charge is -2.15. The van der Waals surface area contributed by atoms with E-state index in [1.54, 1.807) is 16.7 Å². The fourth-order valence-corrected chi connectivity index (χ4v) is 3.60. The Hall–Kier alpha value is -2.40. The number of rotatable bonds is 4. The number of halogens is 2. The number of nitrogens with one attached hydrogen (secondary N) is 1. The summed E-state index contributed by atoms with van der Waals surface area (Å²) in [7, 11) is 0. The predicted molar refractivity (Wildman–Crippen MR) is 101 cm³/mol. The predicted octanol–water partition coefficient (Wildman–Crippen LogP) is 4.44. The molecule has 2 aromatic carbocycles. The number of hydrogen-bond acceptors (Lipinski definition) is 3. The standard InChI is InChI=1S/C20H17ClFN3O/c21-14-3-1-2-4-17(14)25-18-9-12(11-5-6-11)7-8-13(18)19(24-20(25)26)23-16-10-15(16)22/h1-4,7-9,11,15-16H,5-6,10H2,(H,23,24,26)/t15-,16?/m0/s1. The first-order chi connectivity index (χ1) is 12.6. The summed E-state index contributed by atoms with van der Waals surface area (Å²) in [6.07, 6.45) is 1.92. The summed E-state index contributed by atoms with van der Waals surface area (Å²) in [5, 5.41) is 4.36. The second-order valence-electron chi connectivity index (χ2n) is 7.08. The van der Waals surface area contributed by atoms with Crippen molar-refractivity contribution in [2.45, 2.75) is 37.4 Å². The molecule has 26 heavy (non-hydrogen) atoms. The zero-order valence-electron chi connectivity index (χ0n) is 14.0. The van der Waals surface area contributed by atoms with E-state index in [1.165, 1.54) is 18.4 Å². The lowest BCUT2D eigenvalue weighted by molar-refractivity contribution is 0.472. The fraction of sp³-hybridized carbons (Fsp3) is 0.300. The average Bonchev–Trinajstić information content (AvgIpc) is 3.54. The van der Waals surface area contributed by atoms with Gasteiger partial charge >= 0.3 is 5.69 Å². The van der Waals surface area contributed by atoms with E-state index < -0.39 is 11.9 Å². The lowest BCUT2D eigenvalue weighted by atomic mass is 10.1. The van der Waals surface area contributed by atoms with Crippen LogP contribution in [0.5, 0.6) is 0 Å². The number of benzene rings is 2. The highest BCUT2D eigenvalue weighted by molar-refractivity contribution is 6.32. The number of anilines is 1. The maximum Gasteiger partial charge on any atom is 0.354 e. The monoisotopic (exact) mass is 369 g/mol. The van der Waals surface area contributed by atoms with Gasteiger partial charge in [0.2, 0.25) is 0 Å². The van der Waals surface area contributed by atoms with E-state index >= 15 is 0 Å². The minimum Gasteiger partial charge on any atom is -0.364 e. The van der Waals surface area contributed by atoms with Gasteiger partial charge < -0.3 is 5.32 Å². The molecular formula is C20H17ClFN3O. The van der Waals surface area contributed by atoms with Crippen molar-refractivity contribution in [2.24, 2.45) is 0 Å². The molecule has 2 aliphatic rings. The Labute approximate surface area is 154 Å². The quantitative estimate of drug-likeness (QED) is 0.739. The summed E-state index contributed by atoms with van der Waals surface area (Å²) >= 11 is 6.35. The Balaban J connectivity index is 1.76. The van der Waals surface area contributed by atoms with E-state index in [-0.39, 0.29) is 6.04 Å². The van der Waals surface area contributed by atoms with Crippen molar-refractivity contribution in [2.75, 3.05) is 5.32 Å². The number of para-hydroxylation sites is 1. The van der Waals surface area contributed by atoms with Crippen LogP contribution in [0.4, 0.5) is 10.2 Å². The first-order valence-electron chi connectivity index (χ1n) is 8.84. The summed E-state index contributed by atoms with van der Waals surface area (Å²) in [6.45, 7) is 0. The van der Waals surface area contributed by atoms with Gasteiger partial charge in [-0.1, -0.05) is 29.8 Å². The molecule has 1 aromatic heterocycles. The molecule has 0 amide bonds. The van der Waals surface area contributed by atoms with Gasteiger partial charge in [-0.3, -0.25) is 4.57 Å². The minimum absolute atomic E-state index is 0.260. The second-order valence-corrected chi connectivity index (χ2v) is 7.49. The summed E-state index contributed by atoms with van der Waals surface area (Å²) in [6, 6.07) is 13.1. The Morgan fingerprint density at radius 1 is 1.19 bits per heavy atom. The topological polar surface area (TPSA) is 46.9 Å². The van der Waals surface area contributed by atoms with Crippen LogP contribution in [0, 0.1) is 0 Å². The molecule has 132 valence electrons. The van der Waals surface area contributed by atoms with Crippen molar-refractivity contribution in [1.29, 1.82) is 0 Å². The van der Waals surface area contributed by atoms with Crippen molar-refractivity contribution >= 4 is 28.3 Å². The van der Waals surface area contributed by atoms with E-state index in [4.69, 9.17) is 11.6 Å². The summed E-state index contributed by atoms with van der Waals surface area (Å²) in [5.74, 6) is 0.998. The summed E-state index contributed by atoms with van der Waals surface area (Å²) in [4.78, 5) is 17.0. The van der Waals surface area contributed by atoms with Crippen molar-refractivity contribution in [1.82, 2.24) is 9.55 Å². The van der Waals surface area contributed by atoms with Crippen LogP contribution >= 0.6 is 11.6 Å². The highest BCUT2D eigenvalue weighted by Gasteiger charge is 2.38. The average molecular weight is 370 g/mol. The molecule has 0 aliphatic heterocycles. The maximum absolute atomic E-state index is 13.3. The van der Waals surface area contributed by atoms with Gasteiger partial charge in [0.1, 0.15) is 12.0 Å². The van der Waals surface area contributed by atoms with Gasteiger partial charge in [-0.2, -0.15) is 4.98 Å². The van der Waals surface area contributed by atoms with Gasteiger partial charge in [-0.05, 0) is 48.6 Å². The number of fused-ring (bicyclic) bond motifs is 1. The van der Waals surface area contributed by atoms with Crippen molar-refractivity contribution in [3.05, 3.63) is 63.5 Å². The Morgan fingerprint density at radius 2 is 1.96 bits per heavy atom. The van der Waals surface area contributed by atoms with E-state index in [2.05, 4.69) is 16.4 Å². The third kappa shape index (κ3) is 2.67. The van der Waals surface area contributed by atoms with Crippen LogP contribution in [0.15, 0.2) is 47.3 Å². The molecule has 0 saturated heterocycles. The van der Waals surface area contributed by atoms with Crippen LogP contribution in [0.3, 0.4) is 0 Å². The molecule has 2 fully saturated rings. The van der Waals surface area contributed by atoms with Crippen molar-refractivity contribution in [3.8, 4) is 5.69 Å². The normalized spacial score (nSPS) is 21.8. The summed E-state index contributed by atoms with van der Waals surface area (Å²) in [5.41, 5.74) is 2.15.